The first kappa shape index (κ1) is 18.0. The molecule has 2 aromatic heterocycles. The summed E-state index contributed by atoms with van der Waals surface area (Å²) in [4.78, 5) is 19.8. The van der Waals surface area contributed by atoms with Crippen LogP contribution in [0.2, 0.25) is 0 Å². The van der Waals surface area contributed by atoms with E-state index >= 15 is 0 Å². The zero-order valence-corrected chi connectivity index (χ0v) is 15.5. The Morgan fingerprint density at radius 3 is 2.62 bits per heavy atom. The van der Waals surface area contributed by atoms with E-state index in [4.69, 9.17) is 0 Å². The van der Waals surface area contributed by atoms with Crippen molar-refractivity contribution >= 4 is 17.2 Å². The van der Waals surface area contributed by atoms with Gasteiger partial charge in [-0.05, 0) is 49.6 Å². The Morgan fingerprint density at radius 2 is 2.04 bits per heavy atom. The molecule has 0 fully saturated rings. The van der Waals surface area contributed by atoms with E-state index in [0.29, 0.717) is 24.6 Å². The largest absolute Gasteiger partial charge is 0.332 e. The van der Waals surface area contributed by atoms with Crippen molar-refractivity contribution in [3.8, 4) is 16.4 Å². The van der Waals surface area contributed by atoms with E-state index in [1.807, 2.05) is 31.4 Å². The zero-order valence-electron chi connectivity index (χ0n) is 14.6. The fourth-order valence-electron chi connectivity index (χ4n) is 2.52. The van der Waals surface area contributed by atoms with Crippen LogP contribution in [0, 0.1) is 5.82 Å². The number of hydrogen-bond acceptors (Lipinski definition) is 4. The number of aromatic nitrogens is 3. The molecule has 0 bridgehead atoms. The quantitative estimate of drug-likeness (QED) is 0.612. The topological polar surface area (TPSA) is 51.0 Å². The van der Waals surface area contributed by atoms with Crippen LogP contribution in [0.1, 0.15) is 24.5 Å². The highest BCUT2D eigenvalue weighted by atomic mass is 32.1. The van der Waals surface area contributed by atoms with Gasteiger partial charge in [0.2, 0.25) is 5.82 Å². The lowest BCUT2D eigenvalue weighted by Gasteiger charge is -2.18. The Morgan fingerprint density at radius 1 is 1.31 bits per heavy atom. The van der Waals surface area contributed by atoms with Gasteiger partial charge in [0.15, 0.2) is 5.82 Å². The maximum absolute atomic E-state index is 13.3. The molecular formula is C19H19FN4OS. The molecule has 0 unspecified atom stereocenters. The summed E-state index contributed by atoms with van der Waals surface area (Å²) in [5.74, 6) is 0.0813. The minimum absolute atomic E-state index is 0.112. The van der Waals surface area contributed by atoms with Crippen LogP contribution in [0.5, 0.6) is 0 Å². The molecule has 0 aliphatic carbocycles. The van der Waals surface area contributed by atoms with Crippen molar-refractivity contribution in [1.29, 1.82) is 0 Å². The SMILES string of the molecule is C=C(C)CN(CC)C(=O)c1nc(-c2cccs2)n(-c2ccc(F)cc2)n1. The average Bonchev–Trinajstić information content (AvgIpc) is 3.28. The number of halogens is 1. The summed E-state index contributed by atoms with van der Waals surface area (Å²) >= 11 is 1.50. The van der Waals surface area contributed by atoms with Gasteiger partial charge in [-0.3, -0.25) is 4.79 Å². The minimum Gasteiger partial charge on any atom is -0.332 e. The Bertz CT molecular complexity index is 916. The number of amides is 1. The maximum atomic E-state index is 13.3. The average molecular weight is 370 g/mol. The molecule has 26 heavy (non-hydrogen) atoms. The Labute approximate surface area is 155 Å². The summed E-state index contributed by atoms with van der Waals surface area (Å²) in [6.45, 7) is 8.62. The standard InChI is InChI=1S/C19H19FN4OS/c1-4-23(12-13(2)3)19(25)17-21-18(16-6-5-11-26-16)24(22-17)15-9-7-14(20)8-10-15/h5-11H,2,4,12H2,1,3H3. The van der Waals surface area contributed by atoms with Crippen LogP contribution in [0.15, 0.2) is 53.9 Å². The molecule has 2 heterocycles. The molecule has 0 N–H and O–H groups in total. The number of thiophene rings is 1. The summed E-state index contributed by atoms with van der Waals surface area (Å²) in [5, 5.41) is 6.34. The van der Waals surface area contributed by atoms with E-state index in [-0.39, 0.29) is 17.5 Å². The first-order chi connectivity index (χ1) is 12.5. The van der Waals surface area contributed by atoms with Gasteiger partial charge < -0.3 is 4.90 Å². The molecule has 1 amide bonds. The molecule has 0 radical (unpaired) electrons. The Balaban J connectivity index is 2.05. The fraction of sp³-hybridized carbons (Fsp3) is 0.211. The molecule has 0 aliphatic heterocycles. The van der Waals surface area contributed by atoms with Crippen molar-refractivity contribution in [2.45, 2.75) is 13.8 Å². The molecule has 0 saturated heterocycles. The molecular weight excluding hydrogens is 351 g/mol. The number of likely N-dealkylation sites (N-methyl/N-ethyl adjacent to an activating group) is 1. The van der Waals surface area contributed by atoms with Gasteiger partial charge in [0.25, 0.3) is 5.91 Å². The summed E-state index contributed by atoms with van der Waals surface area (Å²) in [6, 6.07) is 9.76. The van der Waals surface area contributed by atoms with E-state index in [9.17, 15) is 9.18 Å². The second-order valence-corrected chi connectivity index (χ2v) is 6.85. The zero-order chi connectivity index (χ0) is 18.7. The summed E-state index contributed by atoms with van der Waals surface area (Å²) in [7, 11) is 0. The normalized spacial score (nSPS) is 10.7. The van der Waals surface area contributed by atoms with Crippen LogP contribution in [0.3, 0.4) is 0 Å². The maximum Gasteiger partial charge on any atom is 0.293 e. The van der Waals surface area contributed by atoms with Gasteiger partial charge in [0.1, 0.15) is 5.82 Å². The molecule has 7 heteroatoms. The van der Waals surface area contributed by atoms with E-state index in [2.05, 4.69) is 16.7 Å². The van der Waals surface area contributed by atoms with Gasteiger partial charge in [-0.15, -0.1) is 16.4 Å². The van der Waals surface area contributed by atoms with E-state index < -0.39 is 0 Å². The lowest BCUT2D eigenvalue weighted by molar-refractivity contribution is 0.0766. The van der Waals surface area contributed by atoms with Crippen LogP contribution in [-0.2, 0) is 0 Å². The van der Waals surface area contributed by atoms with Crippen molar-refractivity contribution in [1.82, 2.24) is 19.7 Å². The van der Waals surface area contributed by atoms with Crippen molar-refractivity contribution in [3.63, 3.8) is 0 Å². The third kappa shape index (κ3) is 3.72. The van der Waals surface area contributed by atoms with E-state index in [1.165, 1.54) is 23.5 Å². The number of hydrogen-bond donors (Lipinski definition) is 0. The molecule has 3 aromatic rings. The highest BCUT2D eigenvalue weighted by molar-refractivity contribution is 7.13. The molecule has 0 aliphatic rings. The summed E-state index contributed by atoms with van der Waals surface area (Å²) < 4.78 is 14.8. The molecule has 0 spiro atoms. The Hall–Kier alpha value is -2.80. The van der Waals surface area contributed by atoms with E-state index in [0.717, 1.165) is 10.5 Å². The predicted octanol–water partition coefficient (Wildman–Crippen LogP) is 4.17. The van der Waals surface area contributed by atoms with Crippen LogP contribution < -0.4 is 0 Å². The Kier molecular flexibility index (Phi) is 5.27. The number of carbonyl (C=O) groups is 1. The van der Waals surface area contributed by atoms with Gasteiger partial charge in [0, 0.05) is 13.1 Å². The van der Waals surface area contributed by atoms with Crippen LogP contribution >= 0.6 is 11.3 Å². The molecule has 0 atom stereocenters. The van der Waals surface area contributed by atoms with Gasteiger partial charge in [-0.2, -0.15) is 0 Å². The molecule has 5 nitrogen and oxygen atoms in total. The molecule has 134 valence electrons. The van der Waals surface area contributed by atoms with Gasteiger partial charge >= 0.3 is 0 Å². The van der Waals surface area contributed by atoms with Crippen LogP contribution in [0.4, 0.5) is 4.39 Å². The minimum atomic E-state index is -0.332. The third-order valence-corrected chi connectivity index (χ3v) is 4.61. The predicted molar refractivity (Wildman–Crippen MR) is 101 cm³/mol. The van der Waals surface area contributed by atoms with Gasteiger partial charge in [0.05, 0.1) is 10.6 Å². The van der Waals surface area contributed by atoms with Crippen LogP contribution in [-0.4, -0.2) is 38.7 Å². The number of rotatable bonds is 6. The fourth-order valence-corrected chi connectivity index (χ4v) is 3.22. The highest BCUT2D eigenvalue weighted by Crippen LogP contribution is 2.26. The van der Waals surface area contributed by atoms with Crippen molar-refractivity contribution in [3.05, 3.63) is 65.6 Å². The van der Waals surface area contributed by atoms with E-state index in [1.54, 1.807) is 21.7 Å². The number of carbonyl (C=O) groups excluding carboxylic acids is 1. The number of benzene rings is 1. The highest BCUT2D eigenvalue weighted by Gasteiger charge is 2.23. The lowest BCUT2D eigenvalue weighted by Crippen LogP contribution is -2.33. The van der Waals surface area contributed by atoms with Crippen molar-refractivity contribution in [2.75, 3.05) is 13.1 Å². The molecule has 3 rings (SSSR count). The van der Waals surface area contributed by atoms with Gasteiger partial charge in [-0.1, -0.05) is 18.2 Å². The second kappa shape index (κ2) is 7.61. The smallest absolute Gasteiger partial charge is 0.293 e. The lowest BCUT2D eigenvalue weighted by atomic mass is 10.3. The van der Waals surface area contributed by atoms with Gasteiger partial charge in [-0.25, -0.2) is 14.1 Å². The van der Waals surface area contributed by atoms with Crippen molar-refractivity contribution in [2.24, 2.45) is 0 Å². The first-order valence-corrected chi connectivity index (χ1v) is 9.08. The monoisotopic (exact) mass is 370 g/mol. The summed E-state index contributed by atoms with van der Waals surface area (Å²) in [6.07, 6.45) is 0. The van der Waals surface area contributed by atoms with Crippen molar-refractivity contribution < 1.29 is 9.18 Å². The molecule has 0 saturated carbocycles. The molecule has 1 aromatic carbocycles. The first-order valence-electron chi connectivity index (χ1n) is 8.20. The summed E-state index contributed by atoms with van der Waals surface area (Å²) in [5.41, 5.74) is 1.53. The second-order valence-electron chi connectivity index (χ2n) is 5.90. The number of nitrogens with zero attached hydrogens (tertiary/aromatic N) is 4. The van der Waals surface area contributed by atoms with Crippen LogP contribution in [0.25, 0.3) is 16.4 Å². The third-order valence-electron chi connectivity index (χ3n) is 3.74.